The standard InChI is InChI=1S/C16H23BrN4O2/c17-12-1-2-14(18)13(7-12)15(22)9-20-10-16(23)21-8-11-3-5-19-6-4-11/h1-2,7,11,19-20H,3-6,8-10,18H2,(H,21,23). The molecule has 0 aliphatic carbocycles. The molecule has 0 atom stereocenters. The van der Waals surface area contributed by atoms with Gasteiger partial charge in [0.2, 0.25) is 5.91 Å². The molecule has 0 spiro atoms. The smallest absolute Gasteiger partial charge is 0.233 e. The highest BCUT2D eigenvalue weighted by atomic mass is 79.9. The molecule has 2 rings (SSSR count). The number of amides is 1. The molecule has 0 radical (unpaired) electrons. The number of carbonyl (C=O) groups excluding carboxylic acids is 2. The number of ketones is 1. The summed E-state index contributed by atoms with van der Waals surface area (Å²) in [4.78, 5) is 23.9. The van der Waals surface area contributed by atoms with E-state index in [1.54, 1.807) is 18.2 Å². The molecule has 126 valence electrons. The third kappa shape index (κ3) is 5.93. The first-order valence-electron chi connectivity index (χ1n) is 7.82. The Bertz CT molecular complexity index is 559. The highest BCUT2D eigenvalue weighted by Crippen LogP contribution is 2.18. The molecule has 1 aliphatic rings. The predicted octanol–water partition coefficient (Wildman–Crippen LogP) is 0.919. The van der Waals surface area contributed by atoms with Gasteiger partial charge in [0, 0.05) is 22.3 Å². The number of nitrogens with one attached hydrogen (secondary N) is 3. The maximum atomic E-state index is 12.1. The number of halogens is 1. The fourth-order valence-electron chi connectivity index (χ4n) is 2.56. The quantitative estimate of drug-likeness (QED) is 0.415. The van der Waals surface area contributed by atoms with Crippen LogP contribution in [-0.4, -0.2) is 44.4 Å². The van der Waals surface area contributed by atoms with Gasteiger partial charge in [-0.05, 0) is 50.0 Å². The van der Waals surface area contributed by atoms with Crippen molar-refractivity contribution in [3.63, 3.8) is 0 Å². The summed E-state index contributed by atoms with van der Waals surface area (Å²) in [6.45, 7) is 2.95. The second-order valence-corrected chi connectivity index (χ2v) is 6.67. The number of rotatable bonds is 7. The lowest BCUT2D eigenvalue weighted by Crippen LogP contribution is -2.40. The molecule has 1 amide bonds. The molecular weight excluding hydrogens is 360 g/mol. The van der Waals surface area contributed by atoms with E-state index in [0.29, 0.717) is 23.7 Å². The molecule has 5 N–H and O–H groups in total. The van der Waals surface area contributed by atoms with Crippen molar-refractivity contribution in [1.82, 2.24) is 16.0 Å². The van der Waals surface area contributed by atoms with Crippen molar-refractivity contribution < 1.29 is 9.59 Å². The van der Waals surface area contributed by atoms with Gasteiger partial charge < -0.3 is 21.7 Å². The van der Waals surface area contributed by atoms with Crippen LogP contribution in [0.2, 0.25) is 0 Å². The summed E-state index contributed by atoms with van der Waals surface area (Å²) in [5, 5.41) is 9.08. The lowest BCUT2D eigenvalue weighted by Gasteiger charge is -2.22. The van der Waals surface area contributed by atoms with Gasteiger partial charge in [-0.1, -0.05) is 15.9 Å². The van der Waals surface area contributed by atoms with Crippen molar-refractivity contribution in [2.24, 2.45) is 5.92 Å². The second kappa shape index (κ2) is 9.00. The van der Waals surface area contributed by atoms with Crippen molar-refractivity contribution in [3.05, 3.63) is 28.2 Å². The van der Waals surface area contributed by atoms with E-state index >= 15 is 0 Å². The minimum Gasteiger partial charge on any atom is -0.398 e. The van der Waals surface area contributed by atoms with Gasteiger partial charge in [0.15, 0.2) is 5.78 Å². The first kappa shape index (κ1) is 17.9. The fourth-order valence-corrected chi connectivity index (χ4v) is 2.92. The molecule has 1 saturated heterocycles. The SMILES string of the molecule is Nc1ccc(Br)cc1C(=O)CNCC(=O)NCC1CCNCC1. The molecule has 6 nitrogen and oxygen atoms in total. The number of Topliss-reactive ketones (excluding diaryl/α,β-unsaturated/α-hetero) is 1. The number of hydrogen-bond acceptors (Lipinski definition) is 5. The highest BCUT2D eigenvalue weighted by molar-refractivity contribution is 9.10. The average molecular weight is 383 g/mol. The Morgan fingerprint density at radius 1 is 1.26 bits per heavy atom. The summed E-state index contributed by atoms with van der Waals surface area (Å²) in [5.41, 5.74) is 6.70. The maximum Gasteiger partial charge on any atom is 0.233 e. The summed E-state index contributed by atoms with van der Waals surface area (Å²) >= 11 is 3.32. The van der Waals surface area contributed by atoms with E-state index in [9.17, 15) is 9.59 Å². The molecule has 0 bridgehead atoms. The van der Waals surface area contributed by atoms with Crippen molar-refractivity contribution >= 4 is 33.3 Å². The van der Waals surface area contributed by atoms with Crippen LogP contribution in [0.4, 0.5) is 5.69 Å². The second-order valence-electron chi connectivity index (χ2n) is 5.76. The Balaban J connectivity index is 1.68. The van der Waals surface area contributed by atoms with E-state index in [0.717, 1.165) is 30.4 Å². The van der Waals surface area contributed by atoms with Gasteiger partial charge in [-0.2, -0.15) is 0 Å². The molecule has 7 heteroatoms. The maximum absolute atomic E-state index is 12.1. The Labute approximate surface area is 144 Å². The molecular formula is C16H23BrN4O2. The van der Waals surface area contributed by atoms with Crippen LogP contribution in [0.3, 0.4) is 0 Å². The van der Waals surface area contributed by atoms with Gasteiger partial charge in [0.05, 0.1) is 13.1 Å². The monoisotopic (exact) mass is 382 g/mol. The average Bonchev–Trinajstić information content (AvgIpc) is 2.56. The van der Waals surface area contributed by atoms with Gasteiger partial charge in [0.25, 0.3) is 0 Å². The Kier molecular flexibility index (Phi) is 7.01. The minimum absolute atomic E-state index is 0.0847. The predicted molar refractivity (Wildman–Crippen MR) is 94.4 cm³/mol. The summed E-state index contributed by atoms with van der Waals surface area (Å²) in [5.74, 6) is 0.330. The zero-order chi connectivity index (χ0) is 16.7. The zero-order valence-corrected chi connectivity index (χ0v) is 14.6. The topological polar surface area (TPSA) is 96.2 Å². The number of benzene rings is 1. The van der Waals surface area contributed by atoms with E-state index < -0.39 is 0 Å². The third-order valence-electron chi connectivity index (χ3n) is 3.93. The first-order valence-corrected chi connectivity index (χ1v) is 8.62. The molecule has 0 saturated carbocycles. The lowest BCUT2D eigenvalue weighted by molar-refractivity contribution is -0.120. The van der Waals surface area contributed by atoms with Gasteiger partial charge in [-0.3, -0.25) is 9.59 Å². The molecule has 23 heavy (non-hydrogen) atoms. The van der Waals surface area contributed by atoms with Crippen LogP contribution in [0.25, 0.3) is 0 Å². The van der Waals surface area contributed by atoms with Crippen molar-refractivity contribution in [2.45, 2.75) is 12.8 Å². The lowest BCUT2D eigenvalue weighted by atomic mass is 9.98. The number of anilines is 1. The minimum atomic E-state index is -0.130. The van der Waals surface area contributed by atoms with E-state index in [2.05, 4.69) is 31.9 Å². The zero-order valence-electron chi connectivity index (χ0n) is 13.0. The number of piperidine rings is 1. The molecule has 0 unspecified atom stereocenters. The van der Waals surface area contributed by atoms with E-state index in [4.69, 9.17) is 5.73 Å². The Morgan fingerprint density at radius 2 is 2.00 bits per heavy atom. The molecule has 1 fully saturated rings. The van der Waals surface area contributed by atoms with Crippen LogP contribution in [0, 0.1) is 5.92 Å². The van der Waals surface area contributed by atoms with Crippen LogP contribution in [-0.2, 0) is 4.79 Å². The van der Waals surface area contributed by atoms with E-state index in [1.165, 1.54) is 0 Å². The summed E-state index contributed by atoms with van der Waals surface area (Å²) in [6.07, 6.45) is 2.18. The normalized spacial score (nSPS) is 15.3. The summed E-state index contributed by atoms with van der Waals surface area (Å²) in [7, 11) is 0. The third-order valence-corrected chi connectivity index (χ3v) is 4.43. The van der Waals surface area contributed by atoms with Gasteiger partial charge >= 0.3 is 0 Å². The molecule has 1 heterocycles. The first-order chi connectivity index (χ1) is 11.1. The molecule has 0 aromatic heterocycles. The fraction of sp³-hybridized carbons (Fsp3) is 0.500. The van der Waals surface area contributed by atoms with E-state index in [-0.39, 0.29) is 24.8 Å². The number of nitrogens with two attached hydrogens (primary N) is 1. The van der Waals surface area contributed by atoms with Gasteiger partial charge in [0.1, 0.15) is 0 Å². The van der Waals surface area contributed by atoms with Crippen LogP contribution >= 0.6 is 15.9 Å². The number of nitrogen functional groups attached to an aromatic ring is 1. The van der Waals surface area contributed by atoms with Crippen molar-refractivity contribution in [1.29, 1.82) is 0 Å². The Hall–Kier alpha value is -1.44. The largest absolute Gasteiger partial charge is 0.398 e. The van der Waals surface area contributed by atoms with Crippen LogP contribution in [0.5, 0.6) is 0 Å². The highest BCUT2D eigenvalue weighted by Gasteiger charge is 2.14. The summed E-state index contributed by atoms with van der Waals surface area (Å²) < 4.78 is 0.801. The number of carbonyl (C=O) groups is 2. The molecule has 1 aliphatic heterocycles. The Morgan fingerprint density at radius 3 is 2.74 bits per heavy atom. The van der Waals surface area contributed by atoms with Crippen LogP contribution < -0.4 is 21.7 Å². The van der Waals surface area contributed by atoms with Crippen molar-refractivity contribution in [3.8, 4) is 0 Å². The van der Waals surface area contributed by atoms with Gasteiger partial charge in [-0.15, -0.1) is 0 Å². The number of hydrogen-bond donors (Lipinski definition) is 4. The van der Waals surface area contributed by atoms with Crippen LogP contribution in [0.15, 0.2) is 22.7 Å². The van der Waals surface area contributed by atoms with Crippen molar-refractivity contribution in [2.75, 3.05) is 38.5 Å². The molecule has 1 aromatic rings. The summed E-state index contributed by atoms with van der Waals surface area (Å²) in [6, 6.07) is 5.16. The van der Waals surface area contributed by atoms with Gasteiger partial charge in [-0.25, -0.2) is 0 Å². The van der Waals surface area contributed by atoms with Crippen LogP contribution in [0.1, 0.15) is 23.2 Å². The molecule has 1 aromatic carbocycles. The van der Waals surface area contributed by atoms with E-state index in [1.807, 2.05) is 0 Å².